The zero-order valence-electron chi connectivity index (χ0n) is 17.6. The minimum atomic E-state index is -0.268. The first-order valence-electron chi connectivity index (χ1n) is 10.6. The predicted octanol–water partition coefficient (Wildman–Crippen LogP) is 4.28. The van der Waals surface area contributed by atoms with E-state index in [0.29, 0.717) is 24.6 Å². The molecular weight excluding hydrogens is 364 g/mol. The molecule has 0 atom stereocenters. The maximum atomic E-state index is 13.1. The number of piperidine rings is 1. The van der Waals surface area contributed by atoms with Gasteiger partial charge in [0, 0.05) is 31.1 Å². The summed E-state index contributed by atoms with van der Waals surface area (Å²) in [4.78, 5) is 27.0. The molecule has 2 aromatic rings. The summed E-state index contributed by atoms with van der Waals surface area (Å²) in [7, 11) is 0. The standard InChI is InChI=1S/C23H30N4O2/c1-23(2,3)27-20(14-19(25-27)17-10-11-17)22(29)24-18-8-6-7-16(13-18)15-26-12-5-4-9-21(26)28/h6-8,13-14,17H,4-5,9-12,15H2,1-3H3,(H,24,29). The van der Waals surface area contributed by atoms with Crippen LogP contribution in [-0.2, 0) is 16.9 Å². The Labute approximate surface area is 172 Å². The number of carbonyl (C=O) groups excluding carboxylic acids is 2. The molecular formula is C23H30N4O2. The number of anilines is 1. The van der Waals surface area contributed by atoms with E-state index in [1.165, 1.54) is 0 Å². The molecule has 0 spiro atoms. The van der Waals surface area contributed by atoms with Crippen molar-refractivity contribution in [1.29, 1.82) is 0 Å². The van der Waals surface area contributed by atoms with E-state index in [1.807, 2.05) is 39.9 Å². The van der Waals surface area contributed by atoms with Gasteiger partial charge in [0.2, 0.25) is 5.91 Å². The molecule has 29 heavy (non-hydrogen) atoms. The summed E-state index contributed by atoms with van der Waals surface area (Å²) < 4.78 is 1.84. The number of hydrogen-bond donors (Lipinski definition) is 1. The van der Waals surface area contributed by atoms with Crippen LogP contribution in [0.4, 0.5) is 5.69 Å². The lowest BCUT2D eigenvalue weighted by Crippen LogP contribution is -2.34. The molecule has 2 heterocycles. The Balaban J connectivity index is 1.51. The van der Waals surface area contributed by atoms with E-state index < -0.39 is 0 Å². The first-order chi connectivity index (χ1) is 13.8. The molecule has 1 saturated carbocycles. The maximum absolute atomic E-state index is 13.1. The summed E-state index contributed by atoms with van der Waals surface area (Å²) in [6.07, 6.45) is 4.98. The van der Waals surface area contributed by atoms with Gasteiger partial charge >= 0.3 is 0 Å². The van der Waals surface area contributed by atoms with Crippen LogP contribution in [0.3, 0.4) is 0 Å². The molecule has 4 rings (SSSR count). The molecule has 1 aliphatic heterocycles. The smallest absolute Gasteiger partial charge is 0.273 e. The third-order valence-corrected chi connectivity index (χ3v) is 5.57. The summed E-state index contributed by atoms with van der Waals surface area (Å²) in [5.74, 6) is 0.563. The summed E-state index contributed by atoms with van der Waals surface area (Å²) >= 11 is 0. The molecule has 0 radical (unpaired) electrons. The molecule has 1 saturated heterocycles. The third-order valence-electron chi connectivity index (χ3n) is 5.57. The van der Waals surface area contributed by atoms with Gasteiger partial charge < -0.3 is 10.2 Å². The molecule has 0 bridgehead atoms. The Morgan fingerprint density at radius 1 is 1.21 bits per heavy atom. The molecule has 0 unspecified atom stereocenters. The molecule has 6 heteroatoms. The van der Waals surface area contributed by atoms with Crippen LogP contribution in [-0.4, -0.2) is 33.0 Å². The van der Waals surface area contributed by atoms with E-state index in [-0.39, 0.29) is 17.4 Å². The molecule has 1 aromatic heterocycles. The molecule has 1 aliphatic carbocycles. The zero-order chi connectivity index (χ0) is 20.6. The fourth-order valence-corrected chi connectivity index (χ4v) is 3.84. The number of carbonyl (C=O) groups is 2. The van der Waals surface area contributed by atoms with E-state index in [2.05, 4.69) is 26.1 Å². The van der Waals surface area contributed by atoms with Crippen LogP contribution in [0.5, 0.6) is 0 Å². The Morgan fingerprint density at radius 2 is 2.00 bits per heavy atom. The van der Waals surface area contributed by atoms with Crippen molar-refractivity contribution < 1.29 is 9.59 Å². The number of aromatic nitrogens is 2. The lowest BCUT2D eigenvalue weighted by Gasteiger charge is -2.27. The van der Waals surface area contributed by atoms with Gasteiger partial charge in [-0.05, 0) is 70.2 Å². The maximum Gasteiger partial charge on any atom is 0.273 e. The van der Waals surface area contributed by atoms with Gasteiger partial charge in [-0.1, -0.05) is 12.1 Å². The van der Waals surface area contributed by atoms with Crippen LogP contribution in [0.2, 0.25) is 0 Å². The lowest BCUT2D eigenvalue weighted by atomic mass is 10.1. The molecule has 1 N–H and O–H groups in total. The fourth-order valence-electron chi connectivity index (χ4n) is 3.84. The highest BCUT2D eigenvalue weighted by atomic mass is 16.2. The molecule has 6 nitrogen and oxygen atoms in total. The van der Waals surface area contributed by atoms with Gasteiger partial charge in [0.25, 0.3) is 5.91 Å². The molecule has 2 fully saturated rings. The van der Waals surface area contributed by atoms with Crippen LogP contribution in [0.25, 0.3) is 0 Å². The Morgan fingerprint density at radius 3 is 2.69 bits per heavy atom. The minimum Gasteiger partial charge on any atom is -0.338 e. The number of nitrogens with zero attached hydrogens (tertiary/aromatic N) is 3. The monoisotopic (exact) mass is 394 g/mol. The van der Waals surface area contributed by atoms with E-state index in [9.17, 15) is 9.59 Å². The Bertz CT molecular complexity index is 921. The highest BCUT2D eigenvalue weighted by molar-refractivity contribution is 6.03. The molecule has 2 amide bonds. The van der Waals surface area contributed by atoms with Gasteiger partial charge in [0.15, 0.2) is 0 Å². The average molecular weight is 395 g/mol. The quantitative estimate of drug-likeness (QED) is 0.823. The first kappa shape index (κ1) is 19.7. The van der Waals surface area contributed by atoms with E-state index in [4.69, 9.17) is 5.10 Å². The highest BCUT2D eigenvalue weighted by Gasteiger charge is 2.31. The van der Waals surface area contributed by atoms with E-state index >= 15 is 0 Å². The van der Waals surface area contributed by atoms with Crippen molar-refractivity contribution in [3.63, 3.8) is 0 Å². The summed E-state index contributed by atoms with van der Waals surface area (Å²) in [5, 5.41) is 7.75. The van der Waals surface area contributed by atoms with Crippen molar-refractivity contribution in [1.82, 2.24) is 14.7 Å². The van der Waals surface area contributed by atoms with Gasteiger partial charge in [0.1, 0.15) is 5.69 Å². The number of likely N-dealkylation sites (tertiary alicyclic amines) is 1. The van der Waals surface area contributed by atoms with Gasteiger partial charge in [0.05, 0.1) is 11.2 Å². The van der Waals surface area contributed by atoms with E-state index in [0.717, 1.165) is 49.2 Å². The molecule has 154 valence electrons. The minimum absolute atomic E-state index is 0.148. The predicted molar refractivity (Wildman–Crippen MR) is 113 cm³/mol. The second kappa shape index (κ2) is 7.65. The summed E-state index contributed by atoms with van der Waals surface area (Å²) in [5.41, 5.74) is 3.11. The molecule has 2 aliphatic rings. The average Bonchev–Trinajstić information content (AvgIpc) is 3.41. The van der Waals surface area contributed by atoms with Gasteiger partial charge in [-0.25, -0.2) is 0 Å². The van der Waals surface area contributed by atoms with Crippen molar-refractivity contribution in [2.75, 3.05) is 11.9 Å². The second-order valence-electron chi connectivity index (χ2n) is 9.24. The Kier molecular flexibility index (Phi) is 5.19. The van der Waals surface area contributed by atoms with Crippen LogP contribution in [0, 0.1) is 0 Å². The summed E-state index contributed by atoms with van der Waals surface area (Å²) in [6.45, 7) is 7.58. The number of rotatable bonds is 5. The first-order valence-corrected chi connectivity index (χ1v) is 10.6. The largest absolute Gasteiger partial charge is 0.338 e. The van der Waals surface area contributed by atoms with Crippen molar-refractivity contribution >= 4 is 17.5 Å². The normalized spacial score (nSPS) is 17.5. The fraction of sp³-hybridized carbons (Fsp3) is 0.522. The van der Waals surface area contributed by atoms with Crippen molar-refractivity contribution in [3.05, 3.63) is 47.3 Å². The third kappa shape index (κ3) is 4.52. The Hall–Kier alpha value is -2.63. The van der Waals surface area contributed by atoms with Gasteiger partial charge in [-0.2, -0.15) is 5.10 Å². The van der Waals surface area contributed by atoms with Crippen molar-refractivity contribution in [2.45, 2.75) is 70.9 Å². The number of amides is 2. The SMILES string of the molecule is CC(C)(C)n1nc(C2CC2)cc1C(=O)Nc1cccc(CN2CCCCC2=O)c1. The summed E-state index contributed by atoms with van der Waals surface area (Å²) in [6, 6.07) is 9.71. The highest BCUT2D eigenvalue weighted by Crippen LogP contribution is 2.40. The van der Waals surface area contributed by atoms with Crippen molar-refractivity contribution in [3.8, 4) is 0 Å². The van der Waals surface area contributed by atoms with Crippen LogP contribution < -0.4 is 5.32 Å². The van der Waals surface area contributed by atoms with Gasteiger partial charge in [-0.3, -0.25) is 14.3 Å². The van der Waals surface area contributed by atoms with Gasteiger partial charge in [-0.15, -0.1) is 0 Å². The lowest BCUT2D eigenvalue weighted by molar-refractivity contribution is -0.133. The second-order valence-corrected chi connectivity index (χ2v) is 9.24. The number of hydrogen-bond acceptors (Lipinski definition) is 3. The van der Waals surface area contributed by atoms with Crippen LogP contribution in [0.15, 0.2) is 30.3 Å². The van der Waals surface area contributed by atoms with E-state index in [1.54, 1.807) is 0 Å². The van der Waals surface area contributed by atoms with Crippen LogP contribution >= 0.6 is 0 Å². The molecule has 1 aromatic carbocycles. The van der Waals surface area contributed by atoms with Crippen LogP contribution in [0.1, 0.15) is 80.5 Å². The number of benzene rings is 1. The number of nitrogens with one attached hydrogen (secondary N) is 1. The van der Waals surface area contributed by atoms with Crippen molar-refractivity contribution in [2.24, 2.45) is 0 Å². The zero-order valence-corrected chi connectivity index (χ0v) is 17.6. The topological polar surface area (TPSA) is 67.2 Å².